The molecule has 0 spiro atoms. The number of benzene rings is 1. The number of rotatable bonds is 1. The molecule has 6 rings (SSSR count). The summed E-state index contributed by atoms with van der Waals surface area (Å²) in [7, 11) is -2.02. The van der Waals surface area contributed by atoms with E-state index >= 15 is 0 Å². The van der Waals surface area contributed by atoms with Crippen LogP contribution in [0.15, 0.2) is 36.5 Å². The summed E-state index contributed by atoms with van der Waals surface area (Å²) in [4.78, 5) is 0. The van der Waals surface area contributed by atoms with Gasteiger partial charge in [-0.1, -0.05) is 0 Å². The summed E-state index contributed by atoms with van der Waals surface area (Å²) in [6.45, 7) is 0. The lowest BCUT2D eigenvalue weighted by Crippen LogP contribution is -2.54. The van der Waals surface area contributed by atoms with Crippen LogP contribution in [-0.2, 0) is 23.3 Å². The second kappa shape index (κ2) is 6.94. The number of fused-ring (bicyclic) bond motifs is 1. The van der Waals surface area contributed by atoms with Crippen LogP contribution in [0.2, 0.25) is 0 Å². The molecule has 0 unspecified atom stereocenters. The third kappa shape index (κ3) is 3.89. The number of halogens is 3. The minimum Gasteiger partial charge on any atom is -0.285 e. The fraction of sp³-hybridized carbons (Fsp3) is 0.571. The number of pyridine rings is 1. The SMILES string of the molecule is C[n+]1cccc2cc(C(F)(F)F)ccc21.O=S(=O)(O)C12CC3CC(CC(C3)C1)C2. The lowest BCUT2D eigenvalue weighted by atomic mass is 9.56. The molecule has 4 aliphatic rings. The van der Waals surface area contributed by atoms with Crippen molar-refractivity contribution in [1.29, 1.82) is 0 Å². The second-order valence-corrected chi connectivity index (χ2v) is 10.8. The molecule has 1 N–H and O–H groups in total. The Balaban J connectivity index is 0.000000141. The molecule has 0 amide bonds. The first-order valence-corrected chi connectivity index (χ1v) is 11.3. The largest absolute Gasteiger partial charge is 0.416 e. The standard InChI is InChI=1S/C11H9F3N.C10H16O3S/c1-15-6-2-3-8-7-9(11(12,13)14)4-5-10(8)15;11-14(12,13)10-4-7-1-8(5-10)3-9(2-7)6-10/h2-7H,1H3;7-9H,1-6H2,(H,11,12,13)/q+1;. The summed E-state index contributed by atoms with van der Waals surface area (Å²) in [6, 6.07) is 7.14. The highest BCUT2D eigenvalue weighted by molar-refractivity contribution is 7.87. The van der Waals surface area contributed by atoms with Gasteiger partial charge in [0.25, 0.3) is 10.1 Å². The van der Waals surface area contributed by atoms with Crippen molar-refractivity contribution in [1.82, 2.24) is 0 Å². The maximum Gasteiger partial charge on any atom is 0.416 e. The van der Waals surface area contributed by atoms with Crippen LogP contribution in [-0.4, -0.2) is 17.7 Å². The molecular weight excluding hydrogens is 403 g/mol. The maximum absolute atomic E-state index is 12.4. The predicted molar refractivity (Wildman–Crippen MR) is 103 cm³/mol. The van der Waals surface area contributed by atoms with Crippen molar-refractivity contribution in [3.8, 4) is 0 Å². The molecule has 4 saturated carbocycles. The van der Waals surface area contributed by atoms with Crippen LogP contribution in [0.5, 0.6) is 0 Å². The quantitative estimate of drug-likeness (QED) is 0.537. The van der Waals surface area contributed by atoms with E-state index in [2.05, 4.69) is 0 Å². The third-order valence-corrected chi connectivity index (χ3v) is 8.44. The zero-order chi connectivity index (χ0) is 21.0. The zero-order valence-electron chi connectivity index (χ0n) is 16.2. The first-order chi connectivity index (χ1) is 13.5. The Morgan fingerprint density at radius 2 is 1.59 bits per heavy atom. The summed E-state index contributed by atoms with van der Waals surface area (Å²) in [5, 5.41) is 0.592. The first kappa shape index (κ1) is 20.6. The van der Waals surface area contributed by atoms with Gasteiger partial charge in [-0.25, -0.2) is 4.57 Å². The highest BCUT2D eigenvalue weighted by Gasteiger charge is 2.57. The molecule has 4 aliphatic carbocycles. The van der Waals surface area contributed by atoms with Gasteiger partial charge < -0.3 is 0 Å². The van der Waals surface area contributed by atoms with E-state index in [9.17, 15) is 26.1 Å². The van der Waals surface area contributed by atoms with E-state index in [0.29, 0.717) is 23.1 Å². The zero-order valence-corrected chi connectivity index (χ0v) is 17.0. The van der Waals surface area contributed by atoms with Gasteiger partial charge >= 0.3 is 6.18 Å². The summed E-state index contributed by atoms with van der Waals surface area (Å²) >= 11 is 0. The third-order valence-electron chi connectivity index (χ3n) is 6.85. The number of hydrogen-bond donors (Lipinski definition) is 1. The van der Waals surface area contributed by atoms with Crippen LogP contribution in [0.25, 0.3) is 10.9 Å². The van der Waals surface area contributed by atoms with Gasteiger partial charge in [-0.3, -0.25) is 4.55 Å². The molecule has 0 atom stereocenters. The van der Waals surface area contributed by atoms with E-state index < -0.39 is 26.6 Å². The normalized spacial score (nSPS) is 30.9. The number of aryl methyl sites for hydroxylation is 1. The predicted octanol–water partition coefficient (Wildman–Crippen LogP) is 4.53. The molecule has 158 valence electrons. The van der Waals surface area contributed by atoms with Crippen LogP contribution in [0.4, 0.5) is 13.2 Å². The minimum atomic E-state index is -4.28. The van der Waals surface area contributed by atoms with Crippen molar-refractivity contribution in [3.05, 3.63) is 42.1 Å². The van der Waals surface area contributed by atoms with Crippen LogP contribution >= 0.6 is 0 Å². The molecule has 8 heteroatoms. The van der Waals surface area contributed by atoms with E-state index in [0.717, 1.165) is 36.9 Å². The molecule has 1 aromatic carbocycles. The summed E-state index contributed by atoms with van der Waals surface area (Å²) < 4.78 is 70.5. The summed E-state index contributed by atoms with van der Waals surface area (Å²) in [6.07, 6.45) is 3.30. The van der Waals surface area contributed by atoms with E-state index in [-0.39, 0.29) is 0 Å². The second-order valence-electron chi connectivity index (χ2n) is 8.97. The molecule has 1 aromatic heterocycles. The van der Waals surface area contributed by atoms with E-state index in [4.69, 9.17) is 0 Å². The van der Waals surface area contributed by atoms with Gasteiger partial charge in [-0.05, 0) is 74.5 Å². The van der Waals surface area contributed by atoms with Gasteiger partial charge in [-0.15, -0.1) is 0 Å². The lowest BCUT2D eigenvalue weighted by Gasteiger charge is -2.54. The van der Waals surface area contributed by atoms with Crippen molar-refractivity contribution in [3.63, 3.8) is 0 Å². The molecule has 0 radical (unpaired) electrons. The average Bonchev–Trinajstić information content (AvgIpc) is 2.59. The molecule has 0 saturated heterocycles. The summed E-state index contributed by atoms with van der Waals surface area (Å²) in [5.74, 6) is 1.72. The number of hydrogen-bond acceptors (Lipinski definition) is 2. The topological polar surface area (TPSA) is 58.2 Å². The van der Waals surface area contributed by atoms with Crippen molar-refractivity contribution in [2.24, 2.45) is 24.8 Å². The Kier molecular flexibility index (Phi) is 4.93. The van der Waals surface area contributed by atoms with E-state index in [1.807, 2.05) is 0 Å². The van der Waals surface area contributed by atoms with E-state index in [1.54, 1.807) is 29.9 Å². The monoisotopic (exact) mass is 428 g/mol. The van der Waals surface area contributed by atoms with Crippen molar-refractivity contribution < 1.29 is 30.7 Å². The van der Waals surface area contributed by atoms with Gasteiger partial charge in [0.1, 0.15) is 7.05 Å². The van der Waals surface area contributed by atoms with Crippen LogP contribution < -0.4 is 4.57 Å². The van der Waals surface area contributed by atoms with Crippen LogP contribution in [0, 0.1) is 17.8 Å². The lowest BCUT2D eigenvalue weighted by molar-refractivity contribution is -0.644. The Morgan fingerprint density at radius 1 is 1.03 bits per heavy atom. The van der Waals surface area contributed by atoms with Crippen LogP contribution in [0.1, 0.15) is 44.1 Å². The number of nitrogens with zero attached hydrogens (tertiary/aromatic N) is 1. The molecule has 29 heavy (non-hydrogen) atoms. The molecule has 4 fully saturated rings. The van der Waals surface area contributed by atoms with Gasteiger partial charge in [-0.2, -0.15) is 21.6 Å². The van der Waals surface area contributed by atoms with Crippen molar-refractivity contribution >= 4 is 21.0 Å². The highest BCUT2D eigenvalue weighted by atomic mass is 32.2. The molecule has 0 aliphatic heterocycles. The van der Waals surface area contributed by atoms with Gasteiger partial charge in [0.15, 0.2) is 6.20 Å². The fourth-order valence-corrected chi connectivity index (χ4v) is 7.23. The first-order valence-electron chi connectivity index (χ1n) is 9.89. The summed E-state index contributed by atoms with van der Waals surface area (Å²) in [5.41, 5.74) is 0.173. The number of aromatic nitrogens is 1. The Bertz CT molecular complexity index is 998. The number of alkyl halides is 3. The molecule has 1 heterocycles. The fourth-order valence-electron chi connectivity index (χ4n) is 5.89. The highest BCUT2D eigenvalue weighted by Crippen LogP contribution is 2.58. The smallest absolute Gasteiger partial charge is 0.285 e. The van der Waals surface area contributed by atoms with Crippen molar-refractivity contribution in [2.45, 2.75) is 49.4 Å². The van der Waals surface area contributed by atoms with Gasteiger partial charge in [0, 0.05) is 17.5 Å². The van der Waals surface area contributed by atoms with Gasteiger partial charge in [0.2, 0.25) is 5.52 Å². The minimum absolute atomic E-state index is 0.572. The maximum atomic E-state index is 12.4. The van der Waals surface area contributed by atoms with Gasteiger partial charge in [0.05, 0.1) is 10.3 Å². The van der Waals surface area contributed by atoms with E-state index in [1.165, 1.54) is 25.3 Å². The molecule has 2 aromatic rings. The van der Waals surface area contributed by atoms with Crippen molar-refractivity contribution in [2.75, 3.05) is 0 Å². The molecular formula is C21H25F3NO3S+. The Morgan fingerprint density at radius 3 is 2.07 bits per heavy atom. The Hall–Kier alpha value is -1.67. The average molecular weight is 428 g/mol. The molecule has 4 bridgehead atoms. The van der Waals surface area contributed by atoms with Crippen LogP contribution in [0.3, 0.4) is 0 Å². The molecule has 4 nitrogen and oxygen atoms in total. The Labute approximate surface area is 168 Å².